The van der Waals surface area contributed by atoms with Crippen LogP contribution in [0.5, 0.6) is 0 Å². The molecule has 16 heavy (non-hydrogen) atoms. The summed E-state index contributed by atoms with van der Waals surface area (Å²) in [6, 6.07) is 3.53. The van der Waals surface area contributed by atoms with E-state index in [1.807, 2.05) is 0 Å². The van der Waals surface area contributed by atoms with Gasteiger partial charge in [0.25, 0.3) is 0 Å². The number of benzene rings is 1. The normalized spacial score (nSPS) is 22.8. The van der Waals surface area contributed by atoms with Gasteiger partial charge in [0.15, 0.2) is 0 Å². The molecule has 6 heteroatoms. The van der Waals surface area contributed by atoms with E-state index in [9.17, 15) is 19.3 Å². The van der Waals surface area contributed by atoms with E-state index in [0.29, 0.717) is 12.0 Å². The molecular weight excluding hydrogens is 217 g/mol. The number of carboxylic acids is 1. The number of carboxylic acid groups (broad SMARTS) is 1. The summed E-state index contributed by atoms with van der Waals surface area (Å²) < 4.78 is 13.2. The van der Waals surface area contributed by atoms with Crippen molar-refractivity contribution in [3.63, 3.8) is 0 Å². The van der Waals surface area contributed by atoms with E-state index in [1.165, 1.54) is 6.07 Å². The van der Waals surface area contributed by atoms with E-state index >= 15 is 0 Å². The fourth-order valence-electron chi connectivity index (χ4n) is 1.74. The highest BCUT2D eigenvalue weighted by molar-refractivity contribution is 5.75. The minimum absolute atomic E-state index is 0.215. The fourth-order valence-corrected chi connectivity index (χ4v) is 1.74. The summed E-state index contributed by atoms with van der Waals surface area (Å²) in [5, 5.41) is 19.1. The molecule has 1 aliphatic carbocycles. The van der Waals surface area contributed by atoms with Crippen LogP contribution in [0.1, 0.15) is 17.9 Å². The lowest BCUT2D eigenvalue weighted by Gasteiger charge is -1.99. The van der Waals surface area contributed by atoms with Gasteiger partial charge in [-0.1, -0.05) is 6.07 Å². The molecule has 0 aliphatic heterocycles. The molecule has 0 amide bonds. The molecule has 0 radical (unpaired) electrons. The van der Waals surface area contributed by atoms with Gasteiger partial charge in [0.2, 0.25) is 5.82 Å². The van der Waals surface area contributed by atoms with Crippen LogP contribution in [0.15, 0.2) is 18.2 Å². The number of nitro benzene ring substituents is 1. The lowest BCUT2D eigenvalue weighted by Crippen LogP contribution is -1.99. The van der Waals surface area contributed by atoms with Gasteiger partial charge in [-0.15, -0.1) is 0 Å². The molecule has 1 aromatic carbocycles. The Morgan fingerprint density at radius 1 is 1.56 bits per heavy atom. The van der Waals surface area contributed by atoms with E-state index in [0.717, 1.165) is 12.1 Å². The molecular formula is C10H8FNO4. The topological polar surface area (TPSA) is 80.4 Å². The summed E-state index contributed by atoms with van der Waals surface area (Å²) in [6.07, 6.45) is 0.465. The zero-order valence-electron chi connectivity index (χ0n) is 8.09. The summed E-state index contributed by atoms with van der Waals surface area (Å²) >= 11 is 0. The summed E-state index contributed by atoms with van der Waals surface area (Å²) in [6.45, 7) is 0. The molecule has 0 aromatic heterocycles. The average molecular weight is 225 g/mol. The zero-order chi connectivity index (χ0) is 11.9. The first kappa shape index (κ1) is 10.5. The number of halogens is 1. The van der Waals surface area contributed by atoms with Gasteiger partial charge in [-0.3, -0.25) is 14.9 Å². The predicted octanol–water partition coefficient (Wildman–Crippen LogP) is 1.92. The maximum absolute atomic E-state index is 13.2. The van der Waals surface area contributed by atoms with Gasteiger partial charge in [-0.2, -0.15) is 4.39 Å². The van der Waals surface area contributed by atoms with E-state index in [-0.39, 0.29) is 5.92 Å². The van der Waals surface area contributed by atoms with Gasteiger partial charge < -0.3 is 5.11 Å². The second-order valence-corrected chi connectivity index (χ2v) is 3.75. The number of carbonyl (C=O) groups is 1. The molecule has 1 saturated carbocycles. The lowest BCUT2D eigenvalue weighted by molar-refractivity contribution is -0.387. The molecule has 1 N–H and O–H groups in total. The Kier molecular flexibility index (Phi) is 2.34. The molecule has 2 atom stereocenters. The molecule has 1 aromatic rings. The standard InChI is InChI=1S/C10H8FNO4/c11-8-3-5(1-2-9(8)12(15)16)6-4-7(6)10(13)14/h1-3,6-7H,4H2,(H,13,14)/t6-,7+/m0/s1. The van der Waals surface area contributed by atoms with Crippen LogP contribution in [0.2, 0.25) is 0 Å². The molecule has 1 fully saturated rings. The Bertz CT molecular complexity index is 474. The minimum Gasteiger partial charge on any atom is -0.481 e. The van der Waals surface area contributed by atoms with Crippen LogP contribution in [0, 0.1) is 21.8 Å². The largest absolute Gasteiger partial charge is 0.481 e. The molecule has 0 heterocycles. The Balaban J connectivity index is 2.23. The first-order valence-electron chi connectivity index (χ1n) is 4.67. The first-order valence-corrected chi connectivity index (χ1v) is 4.67. The van der Waals surface area contributed by atoms with Crippen molar-refractivity contribution in [2.45, 2.75) is 12.3 Å². The third-order valence-corrected chi connectivity index (χ3v) is 2.70. The highest BCUT2D eigenvalue weighted by Gasteiger charge is 2.44. The molecule has 1 aliphatic rings. The fraction of sp³-hybridized carbons (Fsp3) is 0.300. The van der Waals surface area contributed by atoms with Gasteiger partial charge in [-0.05, 0) is 24.0 Å². The molecule has 2 rings (SSSR count). The smallest absolute Gasteiger partial charge is 0.307 e. The molecule has 0 spiro atoms. The maximum Gasteiger partial charge on any atom is 0.307 e. The second-order valence-electron chi connectivity index (χ2n) is 3.75. The van der Waals surface area contributed by atoms with Crippen LogP contribution in [-0.2, 0) is 4.79 Å². The quantitative estimate of drug-likeness (QED) is 0.629. The molecule has 0 saturated heterocycles. The number of nitro groups is 1. The average Bonchev–Trinajstić information content (AvgIpc) is 2.96. The third kappa shape index (κ3) is 1.73. The van der Waals surface area contributed by atoms with Crippen LogP contribution >= 0.6 is 0 Å². The van der Waals surface area contributed by atoms with Crippen LogP contribution in [-0.4, -0.2) is 16.0 Å². The van der Waals surface area contributed by atoms with E-state index in [2.05, 4.69) is 0 Å². The van der Waals surface area contributed by atoms with E-state index in [4.69, 9.17) is 5.11 Å². The van der Waals surface area contributed by atoms with Crippen molar-refractivity contribution in [3.8, 4) is 0 Å². The summed E-state index contributed by atoms with van der Waals surface area (Å²) in [5.41, 5.74) is -0.0771. The van der Waals surface area contributed by atoms with Crippen LogP contribution in [0.3, 0.4) is 0 Å². The highest BCUT2D eigenvalue weighted by atomic mass is 19.1. The highest BCUT2D eigenvalue weighted by Crippen LogP contribution is 2.48. The monoisotopic (exact) mass is 225 g/mol. The predicted molar refractivity (Wildman–Crippen MR) is 51.5 cm³/mol. The number of aliphatic carboxylic acids is 1. The van der Waals surface area contributed by atoms with Crippen LogP contribution < -0.4 is 0 Å². The van der Waals surface area contributed by atoms with Gasteiger partial charge in [0.05, 0.1) is 10.8 Å². The third-order valence-electron chi connectivity index (χ3n) is 2.70. The van der Waals surface area contributed by atoms with Gasteiger partial charge in [0, 0.05) is 6.07 Å². The second kappa shape index (κ2) is 3.55. The van der Waals surface area contributed by atoms with Crippen molar-refractivity contribution in [1.82, 2.24) is 0 Å². The molecule has 84 valence electrons. The number of rotatable bonds is 3. The number of hydrogen-bond acceptors (Lipinski definition) is 3. The Labute approximate surface area is 89.7 Å². The van der Waals surface area contributed by atoms with E-state index in [1.54, 1.807) is 0 Å². The Hall–Kier alpha value is -1.98. The van der Waals surface area contributed by atoms with Crippen molar-refractivity contribution < 1.29 is 19.2 Å². The number of hydrogen-bond donors (Lipinski definition) is 1. The molecule has 0 unspecified atom stereocenters. The van der Waals surface area contributed by atoms with Crippen LogP contribution in [0.4, 0.5) is 10.1 Å². The summed E-state index contributed by atoms with van der Waals surface area (Å²) in [5.74, 6) is -2.53. The summed E-state index contributed by atoms with van der Waals surface area (Å²) in [4.78, 5) is 20.2. The van der Waals surface area contributed by atoms with E-state index < -0.39 is 28.3 Å². The first-order chi connectivity index (χ1) is 7.50. The van der Waals surface area contributed by atoms with Crippen molar-refractivity contribution >= 4 is 11.7 Å². The minimum atomic E-state index is -0.918. The molecule has 5 nitrogen and oxygen atoms in total. The Morgan fingerprint density at radius 2 is 2.25 bits per heavy atom. The van der Waals surface area contributed by atoms with Gasteiger partial charge >= 0.3 is 11.7 Å². The Morgan fingerprint density at radius 3 is 2.69 bits per heavy atom. The van der Waals surface area contributed by atoms with Gasteiger partial charge in [-0.25, -0.2) is 0 Å². The SMILES string of the molecule is O=C(O)[C@@H]1C[C@H]1c1ccc([N+](=O)[O-])c(F)c1. The molecule has 0 bridgehead atoms. The van der Waals surface area contributed by atoms with Crippen molar-refractivity contribution in [2.75, 3.05) is 0 Å². The number of nitrogens with zero attached hydrogens (tertiary/aromatic N) is 1. The zero-order valence-corrected chi connectivity index (χ0v) is 8.09. The van der Waals surface area contributed by atoms with Crippen LogP contribution in [0.25, 0.3) is 0 Å². The van der Waals surface area contributed by atoms with Crippen molar-refractivity contribution in [1.29, 1.82) is 0 Å². The maximum atomic E-state index is 13.2. The summed E-state index contributed by atoms with van der Waals surface area (Å²) in [7, 11) is 0. The van der Waals surface area contributed by atoms with Crippen molar-refractivity contribution in [2.24, 2.45) is 5.92 Å². The van der Waals surface area contributed by atoms with Gasteiger partial charge in [0.1, 0.15) is 0 Å². The van der Waals surface area contributed by atoms with Crippen molar-refractivity contribution in [3.05, 3.63) is 39.7 Å². The lowest BCUT2D eigenvalue weighted by atomic mass is 10.1.